The van der Waals surface area contributed by atoms with Gasteiger partial charge < -0.3 is 10.6 Å². The van der Waals surface area contributed by atoms with Crippen LogP contribution in [0.25, 0.3) is 0 Å². The molecule has 0 fully saturated rings. The predicted octanol–water partition coefficient (Wildman–Crippen LogP) is 1.17. The van der Waals surface area contributed by atoms with Crippen LogP contribution in [0.15, 0.2) is 22.5 Å². The lowest BCUT2D eigenvalue weighted by molar-refractivity contribution is 0.609. The molecule has 0 spiro atoms. The lowest BCUT2D eigenvalue weighted by Gasteiger charge is -2.09. The highest BCUT2D eigenvalue weighted by atomic mass is 32.1. The smallest absolute Gasteiger partial charge is 0.190 e. The van der Waals surface area contributed by atoms with E-state index >= 15 is 0 Å². The van der Waals surface area contributed by atoms with Gasteiger partial charge in [0.15, 0.2) is 5.96 Å². The Bertz CT molecular complexity index is 264. The topological polar surface area (TPSA) is 41.6 Å². The summed E-state index contributed by atoms with van der Waals surface area (Å²) in [5.74, 6) is 0.594. The van der Waals surface area contributed by atoms with Crippen LogP contribution in [0.3, 0.4) is 0 Å². The summed E-state index contributed by atoms with van der Waals surface area (Å²) in [6, 6.07) is 4.17. The largest absolute Gasteiger partial charge is 0.370 e. The van der Waals surface area contributed by atoms with Crippen LogP contribution in [0.5, 0.6) is 0 Å². The number of thiophene rings is 1. The van der Waals surface area contributed by atoms with E-state index in [0.717, 1.165) is 13.0 Å². The van der Waals surface area contributed by atoms with Crippen molar-refractivity contribution < 1.29 is 0 Å². The zero-order valence-electron chi connectivity index (χ0n) is 8.03. The molecule has 1 rings (SSSR count). The minimum atomic E-state index is 0.594. The normalized spacial score (nSPS) is 11.7. The highest BCUT2D eigenvalue weighted by Gasteiger charge is 1.94. The molecule has 0 saturated carbocycles. The summed E-state index contributed by atoms with van der Waals surface area (Å²) in [5.41, 5.74) is 5.64. The average molecular weight is 197 g/mol. The van der Waals surface area contributed by atoms with Crippen molar-refractivity contribution in [1.82, 2.24) is 4.90 Å². The number of nitrogens with two attached hydrogens (primary N) is 1. The molecule has 0 aromatic carbocycles. The fraction of sp³-hybridized carbons (Fsp3) is 0.444. The van der Waals surface area contributed by atoms with Gasteiger partial charge in [0, 0.05) is 31.9 Å². The summed E-state index contributed by atoms with van der Waals surface area (Å²) in [4.78, 5) is 7.40. The molecule has 0 radical (unpaired) electrons. The Labute approximate surface area is 82.9 Å². The highest BCUT2D eigenvalue weighted by molar-refractivity contribution is 7.09. The van der Waals surface area contributed by atoms with Gasteiger partial charge in [-0.25, -0.2) is 0 Å². The molecular formula is C9H15N3S. The molecule has 0 saturated heterocycles. The molecule has 0 bridgehead atoms. The quantitative estimate of drug-likeness (QED) is 0.584. The van der Waals surface area contributed by atoms with E-state index in [1.807, 2.05) is 19.0 Å². The number of hydrogen-bond donors (Lipinski definition) is 1. The molecular weight excluding hydrogens is 182 g/mol. The van der Waals surface area contributed by atoms with Crippen molar-refractivity contribution in [2.45, 2.75) is 6.42 Å². The van der Waals surface area contributed by atoms with Crippen LogP contribution in [0, 0.1) is 0 Å². The zero-order valence-corrected chi connectivity index (χ0v) is 8.84. The number of guanidine groups is 1. The first kappa shape index (κ1) is 10.1. The molecule has 1 heterocycles. The molecule has 1 aromatic heterocycles. The first-order valence-corrected chi connectivity index (χ1v) is 5.07. The van der Waals surface area contributed by atoms with E-state index in [2.05, 4.69) is 22.5 Å². The molecule has 13 heavy (non-hydrogen) atoms. The third-order valence-electron chi connectivity index (χ3n) is 1.67. The second kappa shape index (κ2) is 4.87. The van der Waals surface area contributed by atoms with Crippen molar-refractivity contribution in [3.05, 3.63) is 22.4 Å². The second-order valence-electron chi connectivity index (χ2n) is 2.96. The monoisotopic (exact) mass is 197 g/mol. The Balaban J connectivity index is 2.32. The van der Waals surface area contributed by atoms with Gasteiger partial charge in [-0.05, 0) is 11.4 Å². The summed E-state index contributed by atoms with van der Waals surface area (Å²) >= 11 is 1.76. The van der Waals surface area contributed by atoms with Crippen molar-refractivity contribution in [2.24, 2.45) is 10.7 Å². The predicted molar refractivity (Wildman–Crippen MR) is 58.2 cm³/mol. The molecule has 0 atom stereocenters. The number of rotatable bonds is 3. The van der Waals surface area contributed by atoms with Crippen LogP contribution in [-0.4, -0.2) is 31.5 Å². The zero-order chi connectivity index (χ0) is 9.68. The first-order chi connectivity index (χ1) is 6.20. The van der Waals surface area contributed by atoms with E-state index < -0.39 is 0 Å². The van der Waals surface area contributed by atoms with Gasteiger partial charge in [-0.15, -0.1) is 11.3 Å². The molecule has 4 heteroatoms. The third-order valence-corrected chi connectivity index (χ3v) is 2.61. The fourth-order valence-electron chi connectivity index (χ4n) is 0.877. The molecule has 2 N–H and O–H groups in total. The van der Waals surface area contributed by atoms with Gasteiger partial charge >= 0.3 is 0 Å². The van der Waals surface area contributed by atoms with E-state index in [0.29, 0.717) is 5.96 Å². The maximum absolute atomic E-state index is 5.64. The lowest BCUT2D eigenvalue weighted by Crippen LogP contribution is -2.30. The van der Waals surface area contributed by atoms with E-state index in [1.165, 1.54) is 4.88 Å². The minimum Gasteiger partial charge on any atom is -0.370 e. The molecule has 72 valence electrons. The van der Waals surface area contributed by atoms with Gasteiger partial charge in [0.05, 0.1) is 0 Å². The van der Waals surface area contributed by atoms with Crippen molar-refractivity contribution in [3.63, 3.8) is 0 Å². The average Bonchev–Trinajstić information content (AvgIpc) is 2.56. The summed E-state index contributed by atoms with van der Waals surface area (Å²) in [7, 11) is 3.79. The van der Waals surface area contributed by atoms with Gasteiger partial charge in [0.25, 0.3) is 0 Å². The van der Waals surface area contributed by atoms with Crippen LogP contribution in [0.4, 0.5) is 0 Å². The maximum Gasteiger partial charge on any atom is 0.190 e. The number of hydrogen-bond acceptors (Lipinski definition) is 2. The van der Waals surface area contributed by atoms with Gasteiger partial charge in [-0.2, -0.15) is 0 Å². The standard InChI is InChI=1S/C9H15N3S/c1-12(2)9(10)11-6-5-8-4-3-7-13-8/h3-4,7H,5-6H2,1-2H3,(H2,10,11). The van der Waals surface area contributed by atoms with Crippen molar-refractivity contribution in [3.8, 4) is 0 Å². The fourth-order valence-corrected chi connectivity index (χ4v) is 1.58. The van der Waals surface area contributed by atoms with Crippen molar-refractivity contribution in [1.29, 1.82) is 0 Å². The Morgan fingerprint density at radius 3 is 2.92 bits per heavy atom. The highest BCUT2D eigenvalue weighted by Crippen LogP contribution is 2.08. The van der Waals surface area contributed by atoms with E-state index in [-0.39, 0.29) is 0 Å². The third kappa shape index (κ3) is 3.46. The van der Waals surface area contributed by atoms with Crippen LogP contribution in [0.1, 0.15) is 4.88 Å². The van der Waals surface area contributed by atoms with E-state index in [1.54, 1.807) is 11.3 Å². The van der Waals surface area contributed by atoms with Crippen LogP contribution in [0.2, 0.25) is 0 Å². The minimum absolute atomic E-state index is 0.594. The van der Waals surface area contributed by atoms with Gasteiger partial charge in [0.1, 0.15) is 0 Å². The summed E-state index contributed by atoms with van der Waals surface area (Å²) < 4.78 is 0. The van der Waals surface area contributed by atoms with Crippen molar-refractivity contribution in [2.75, 3.05) is 20.6 Å². The Morgan fingerprint density at radius 2 is 2.38 bits per heavy atom. The molecule has 0 aliphatic heterocycles. The SMILES string of the molecule is CN(C)C(N)=NCCc1cccs1. The van der Waals surface area contributed by atoms with Crippen molar-refractivity contribution >= 4 is 17.3 Å². The Hall–Kier alpha value is -1.03. The molecule has 1 aromatic rings. The molecule has 0 amide bonds. The Kier molecular flexibility index (Phi) is 3.76. The molecule has 0 aliphatic rings. The van der Waals surface area contributed by atoms with Crippen LogP contribution >= 0.6 is 11.3 Å². The van der Waals surface area contributed by atoms with Gasteiger partial charge in [-0.3, -0.25) is 4.99 Å². The van der Waals surface area contributed by atoms with Gasteiger partial charge in [-0.1, -0.05) is 6.07 Å². The summed E-state index contributed by atoms with van der Waals surface area (Å²) in [5, 5.41) is 2.08. The number of nitrogens with zero attached hydrogens (tertiary/aromatic N) is 2. The Morgan fingerprint density at radius 1 is 1.62 bits per heavy atom. The molecule has 0 aliphatic carbocycles. The van der Waals surface area contributed by atoms with Gasteiger partial charge in [0.2, 0.25) is 0 Å². The molecule has 0 unspecified atom stereocenters. The second-order valence-corrected chi connectivity index (χ2v) is 4.00. The lowest BCUT2D eigenvalue weighted by atomic mass is 10.3. The number of aliphatic imine (C=N–C) groups is 1. The summed E-state index contributed by atoms with van der Waals surface area (Å²) in [6.07, 6.45) is 0.978. The summed E-state index contributed by atoms with van der Waals surface area (Å²) in [6.45, 7) is 0.768. The van der Waals surface area contributed by atoms with E-state index in [9.17, 15) is 0 Å². The van der Waals surface area contributed by atoms with Crippen LogP contribution in [-0.2, 0) is 6.42 Å². The first-order valence-electron chi connectivity index (χ1n) is 4.20. The van der Waals surface area contributed by atoms with E-state index in [4.69, 9.17) is 5.73 Å². The molecule has 3 nitrogen and oxygen atoms in total. The van der Waals surface area contributed by atoms with Crippen LogP contribution < -0.4 is 5.73 Å². The maximum atomic E-state index is 5.64.